The minimum Gasteiger partial charge on any atom is -0.357 e. The van der Waals surface area contributed by atoms with Crippen LogP contribution in [0.5, 0.6) is 0 Å². The van der Waals surface area contributed by atoms with Crippen LogP contribution in [0.15, 0.2) is 48.8 Å². The van der Waals surface area contributed by atoms with Gasteiger partial charge in [0.2, 0.25) is 0 Å². The summed E-state index contributed by atoms with van der Waals surface area (Å²) in [4.78, 5) is 18.2. The number of benzene rings is 1. The zero-order valence-electron chi connectivity index (χ0n) is 13.5. The largest absolute Gasteiger partial charge is 0.357 e. The molecule has 0 aliphatic carbocycles. The van der Waals surface area contributed by atoms with Crippen molar-refractivity contribution in [1.82, 2.24) is 14.6 Å². The molecule has 6 heteroatoms. The fraction of sp³-hybridized carbons (Fsp3) is 0.278. The summed E-state index contributed by atoms with van der Waals surface area (Å²) in [5.41, 5.74) is 1.24. The zero-order valence-corrected chi connectivity index (χ0v) is 13.5. The van der Waals surface area contributed by atoms with Crippen LogP contribution in [-0.2, 0) is 0 Å². The van der Waals surface area contributed by atoms with Gasteiger partial charge in [0.05, 0.1) is 11.8 Å². The van der Waals surface area contributed by atoms with E-state index < -0.39 is 0 Å². The predicted octanol–water partition coefficient (Wildman–Crippen LogP) is 3.36. The van der Waals surface area contributed by atoms with Gasteiger partial charge >= 0.3 is 0 Å². The second kappa shape index (κ2) is 7.21. The molecule has 1 saturated heterocycles. The summed E-state index contributed by atoms with van der Waals surface area (Å²) < 4.78 is 13.6. The SMILES string of the molecule is CC(=O)c1cnn2ccc(N3CCCC3)nc12.Fc1ccccc1. The van der Waals surface area contributed by atoms with Gasteiger partial charge in [0.1, 0.15) is 11.6 Å². The van der Waals surface area contributed by atoms with Crippen molar-refractivity contribution in [3.8, 4) is 0 Å². The number of ketones is 1. The summed E-state index contributed by atoms with van der Waals surface area (Å²) in [5.74, 6) is 0.770. The Morgan fingerprint density at radius 2 is 1.83 bits per heavy atom. The van der Waals surface area contributed by atoms with Crippen molar-refractivity contribution in [3.05, 3.63) is 60.2 Å². The minimum absolute atomic E-state index is 0.00562. The van der Waals surface area contributed by atoms with Crippen LogP contribution >= 0.6 is 0 Å². The quantitative estimate of drug-likeness (QED) is 0.678. The molecule has 4 rings (SSSR count). The molecule has 2 aromatic heterocycles. The molecule has 5 nitrogen and oxygen atoms in total. The number of aromatic nitrogens is 3. The molecule has 1 aliphatic rings. The number of rotatable bonds is 2. The first-order chi connectivity index (χ1) is 11.6. The molecular weight excluding hydrogens is 307 g/mol. The van der Waals surface area contributed by atoms with Gasteiger partial charge in [-0.25, -0.2) is 13.9 Å². The average molecular weight is 326 g/mol. The number of carbonyl (C=O) groups excluding carboxylic acids is 1. The first kappa shape index (κ1) is 16.1. The standard InChI is InChI=1S/C12H14N4O.C6H5F/c1-9(17)10-8-13-16-7-4-11(14-12(10)16)15-5-2-3-6-15;7-6-4-2-1-3-5-6/h4,7-8H,2-3,5-6H2,1H3;1-5H. The Balaban J connectivity index is 0.000000203. The van der Waals surface area contributed by atoms with Crippen LogP contribution in [0, 0.1) is 5.82 Å². The van der Waals surface area contributed by atoms with E-state index in [0.29, 0.717) is 11.2 Å². The van der Waals surface area contributed by atoms with Gasteiger partial charge in [-0.05, 0) is 38.0 Å². The van der Waals surface area contributed by atoms with Crippen LogP contribution in [-0.4, -0.2) is 33.5 Å². The van der Waals surface area contributed by atoms with E-state index in [1.807, 2.05) is 12.3 Å². The molecule has 0 bridgehead atoms. The van der Waals surface area contributed by atoms with Crippen molar-refractivity contribution in [2.24, 2.45) is 0 Å². The number of fused-ring (bicyclic) bond motifs is 1. The van der Waals surface area contributed by atoms with Crippen LogP contribution in [0.25, 0.3) is 5.65 Å². The molecule has 24 heavy (non-hydrogen) atoms. The topological polar surface area (TPSA) is 50.5 Å². The lowest BCUT2D eigenvalue weighted by atomic mass is 10.2. The number of anilines is 1. The van der Waals surface area contributed by atoms with Crippen molar-refractivity contribution in [2.75, 3.05) is 18.0 Å². The molecule has 124 valence electrons. The number of carbonyl (C=O) groups is 1. The molecule has 1 fully saturated rings. The Morgan fingerprint density at radius 1 is 1.12 bits per heavy atom. The van der Waals surface area contributed by atoms with E-state index in [2.05, 4.69) is 15.0 Å². The van der Waals surface area contributed by atoms with Crippen molar-refractivity contribution >= 4 is 17.2 Å². The summed E-state index contributed by atoms with van der Waals surface area (Å²) in [6, 6.07) is 9.89. The molecule has 0 N–H and O–H groups in total. The highest BCUT2D eigenvalue weighted by Gasteiger charge is 2.16. The molecule has 1 aliphatic heterocycles. The van der Waals surface area contributed by atoms with Gasteiger partial charge in [-0.1, -0.05) is 18.2 Å². The second-order valence-corrected chi connectivity index (χ2v) is 5.66. The number of hydrogen-bond donors (Lipinski definition) is 0. The number of nitrogens with zero attached hydrogens (tertiary/aromatic N) is 4. The van der Waals surface area contributed by atoms with Crippen molar-refractivity contribution in [1.29, 1.82) is 0 Å². The molecule has 0 saturated carbocycles. The van der Waals surface area contributed by atoms with Gasteiger partial charge < -0.3 is 4.90 Å². The summed E-state index contributed by atoms with van der Waals surface area (Å²) in [7, 11) is 0. The smallest absolute Gasteiger partial charge is 0.168 e. The lowest BCUT2D eigenvalue weighted by Crippen LogP contribution is -2.19. The maximum Gasteiger partial charge on any atom is 0.168 e. The number of halogens is 1. The Hall–Kier alpha value is -2.76. The van der Waals surface area contributed by atoms with Crippen LogP contribution in [0.2, 0.25) is 0 Å². The fourth-order valence-corrected chi connectivity index (χ4v) is 2.64. The van der Waals surface area contributed by atoms with Crippen LogP contribution < -0.4 is 4.90 Å². The molecule has 0 radical (unpaired) electrons. The van der Waals surface area contributed by atoms with Crippen molar-refractivity contribution in [3.63, 3.8) is 0 Å². The van der Waals surface area contributed by atoms with E-state index in [4.69, 9.17) is 0 Å². The average Bonchev–Trinajstić information content (AvgIpc) is 3.25. The third-order valence-corrected chi connectivity index (χ3v) is 3.90. The van der Waals surface area contributed by atoms with E-state index in [-0.39, 0.29) is 11.6 Å². The monoisotopic (exact) mass is 326 g/mol. The van der Waals surface area contributed by atoms with E-state index in [9.17, 15) is 9.18 Å². The molecule has 3 aromatic rings. The van der Waals surface area contributed by atoms with Gasteiger partial charge in [-0.3, -0.25) is 4.79 Å². The third kappa shape index (κ3) is 3.59. The van der Waals surface area contributed by atoms with Gasteiger partial charge in [0.15, 0.2) is 11.4 Å². The fourth-order valence-electron chi connectivity index (χ4n) is 2.64. The summed E-state index contributed by atoms with van der Waals surface area (Å²) >= 11 is 0. The lowest BCUT2D eigenvalue weighted by Gasteiger charge is -2.15. The van der Waals surface area contributed by atoms with E-state index in [0.717, 1.165) is 18.9 Å². The van der Waals surface area contributed by atoms with Gasteiger partial charge in [0.25, 0.3) is 0 Å². The zero-order chi connectivity index (χ0) is 16.9. The summed E-state index contributed by atoms with van der Waals surface area (Å²) in [5, 5.41) is 4.12. The Kier molecular flexibility index (Phi) is 4.84. The van der Waals surface area contributed by atoms with E-state index >= 15 is 0 Å². The first-order valence-corrected chi connectivity index (χ1v) is 7.96. The van der Waals surface area contributed by atoms with E-state index in [1.165, 1.54) is 25.0 Å². The molecular formula is C18H19FN4O. The molecule has 1 aromatic carbocycles. The van der Waals surface area contributed by atoms with E-state index in [1.54, 1.807) is 35.8 Å². The molecule has 3 heterocycles. The molecule has 0 spiro atoms. The lowest BCUT2D eigenvalue weighted by molar-refractivity contribution is 0.101. The minimum atomic E-state index is -0.178. The van der Waals surface area contributed by atoms with Gasteiger partial charge in [0, 0.05) is 19.3 Å². The predicted molar refractivity (Wildman–Crippen MR) is 90.8 cm³/mol. The molecule has 0 amide bonds. The maximum absolute atomic E-state index is 11.9. The number of hydrogen-bond acceptors (Lipinski definition) is 4. The Morgan fingerprint density at radius 3 is 2.42 bits per heavy atom. The van der Waals surface area contributed by atoms with Gasteiger partial charge in [-0.15, -0.1) is 0 Å². The van der Waals surface area contributed by atoms with Crippen molar-refractivity contribution < 1.29 is 9.18 Å². The van der Waals surface area contributed by atoms with Crippen LogP contribution in [0.3, 0.4) is 0 Å². The highest BCUT2D eigenvalue weighted by Crippen LogP contribution is 2.19. The number of Topliss-reactive ketones (excluding diaryl/α,β-unsaturated/α-hetero) is 1. The van der Waals surface area contributed by atoms with Crippen molar-refractivity contribution in [2.45, 2.75) is 19.8 Å². The first-order valence-electron chi connectivity index (χ1n) is 7.96. The Labute approximate surface area is 139 Å². The van der Waals surface area contributed by atoms with Crippen LogP contribution in [0.1, 0.15) is 30.1 Å². The third-order valence-electron chi connectivity index (χ3n) is 3.90. The summed E-state index contributed by atoms with van der Waals surface area (Å²) in [6.45, 7) is 3.64. The highest BCUT2D eigenvalue weighted by atomic mass is 19.1. The normalized spacial score (nSPS) is 13.7. The van der Waals surface area contributed by atoms with Gasteiger partial charge in [-0.2, -0.15) is 5.10 Å². The van der Waals surface area contributed by atoms with Crippen LogP contribution in [0.4, 0.5) is 10.2 Å². The second-order valence-electron chi connectivity index (χ2n) is 5.66. The maximum atomic E-state index is 11.9. The summed E-state index contributed by atoms with van der Waals surface area (Å²) in [6.07, 6.45) is 5.87. The highest BCUT2D eigenvalue weighted by molar-refractivity contribution is 5.99. The Bertz CT molecular complexity index is 825. The molecule has 0 atom stereocenters. The molecule has 0 unspecified atom stereocenters.